The topological polar surface area (TPSA) is 61.4 Å². The molecule has 0 aliphatic carbocycles. The highest BCUT2D eigenvalue weighted by Crippen LogP contribution is 2.45. The highest BCUT2D eigenvalue weighted by atomic mass is 19.1. The number of benzene rings is 10. The molecule has 0 fully saturated rings. The van der Waals surface area contributed by atoms with E-state index in [9.17, 15) is 0 Å². The summed E-state index contributed by atoms with van der Waals surface area (Å²) in [7, 11) is 0. The number of halogens is 2. The van der Waals surface area contributed by atoms with Crippen molar-refractivity contribution in [2.45, 2.75) is 6.92 Å². The Morgan fingerprint density at radius 1 is 0.258 bits per heavy atom. The third kappa shape index (κ3) is 9.51. The lowest BCUT2D eigenvalue weighted by molar-refractivity contribution is 0.589. The van der Waals surface area contributed by atoms with Gasteiger partial charge in [-0.25, -0.2) is 8.78 Å². The van der Waals surface area contributed by atoms with E-state index in [2.05, 4.69) is 180 Å². The fraction of sp³-hybridized carbons (Fsp3) is 0.0123. The molecule has 420 valence electrons. The van der Waals surface area contributed by atoms with Crippen LogP contribution in [0, 0.1) is 18.6 Å². The van der Waals surface area contributed by atoms with Gasteiger partial charge in [-0.15, -0.1) is 0 Å². The maximum absolute atomic E-state index is 17.2. The van der Waals surface area contributed by atoms with Gasteiger partial charge in [-0.1, -0.05) is 200 Å². The van der Waals surface area contributed by atoms with Crippen molar-refractivity contribution in [2.24, 2.45) is 0 Å². The van der Waals surface area contributed by atoms with Gasteiger partial charge in [0.25, 0.3) is 0 Å². The second-order valence-electron chi connectivity index (χ2n) is 22.5. The predicted octanol–water partition coefficient (Wildman–Crippen LogP) is 21.1. The highest BCUT2D eigenvalue weighted by molar-refractivity contribution is 6.13. The molecule has 0 bridgehead atoms. The molecule has 6 aromatic heterocycles. The first kappa shape index (κ1) is 52.8. The van der Waals surface area contributed by atoms with Crippen LogP contribution in [-0.4, -0.2) is 29.1 Å². The summed E-state index contributed by atoms with van der Waals surface area (Å²) in [6, 6.07) is 91.4. The van der Waals surface area contributed by atoms with Crippen LogP contribution in [0.5, 0.6) is 0 Å². The lowest BCUT2D eigenvalue weighted by Gasteiger charge is -2.21. The zero-order valence-corrected chi connectivity index (χ0v) is 48.2. The second-order valence-corrected chi connectivity index (χ2v) is 22.5. The van der Waals surface area contributed by atoms with E-state index < -0.39 is 11.6 Å². The smallest absolute Gasteiger partial charge is 0.134 e. The average molecular weight is 1150 g/mol. The molecular formula is C81H52F2N6. The molecule has 0 radical (unpaired) electrons. The third-order valence-corrected chi connectivity index (χ3v) is 17.2. The van der Waals surface area contributed by atoms with Gasteiger partial charge in [0.05, 0.1) is 56.1 Å². The molecule has 0 saturated heterocycles. The molecule has 0 spiro atoms. The van der Waals surface area contributed by atoms with Gasteiger partial charge in [0.1, 0.15) is 11.6 Å². The van der Waals surface area contributed by atoms with Crippen molar-refractivity contribution in [1.82, 2.24) is 29.1 Å². The molecule has 89 heavy (non-hydrogen) atoms. The molecule has 0 atom stereocenters. The first-order valence-corrected chi connectivity index (χ1v) is 29.7. The molecule has 6 heterocycles. The minimum absolute atomic E-state index is 0.135. The fourth-order valence-electron chi connectivity index (χ4n) is 12.7. The number of fused-ring (bicyclic) bond motifs is 6. The Labute approximate surface area is 512 Å². The fourth-order valence-corrected chi connectivity index (χ4v) is 12.7. The SMILES string of the molecule is Cc1cc(-n2c3cc(-c4ccc(-c5ccccc5)nc4)ccc3c3ccc(-c4ccc(-c5ccccc5)nc4)cc32)c(-c2c(F)cccc2F)cc1-n1c2cc(-c3ccc(-c4ccccc4)nc3)ccc2c2ccc(-c3ccc(-c4ccccc4)nc3)cc21. The van der Waals surface area contributed by atoms with E-state index in [-0.39, 0.29) is 5.56 Å². The molecule has 0 saturated carbocycles. The molecule has 0 N–H and O–H groups in total. The van der Waals surface area contributed by atoms with Crippen LogP contribution >= 0.6 is 0 Å². The van der Waals surface area contributed by atoms with E-state index >= 15 is 8.78 Å². The highest BCUT2D eigenvalue weighted by Gasteiger charge is 2.25. The summed E-state index contributed by atoms with van der Waals surface area (Å²) < 4.78 is 38.9. The summed E-state index contributed by atoms with van der Waals surface area (Å²) in [5.41, 5.74) is 21.2. The zero-order chi connectivity index (χ0) is 59.5. The van der Waals surface area contributed by atoms with Crippen LogP contribution in [0.3, 0.4) is 0 Å². The van der Waals surface area contributed by atoms with Gasteiger partial charge in [0, 0.05) is 102 Å². The summed E-state index contributed by atoms with van der Waals surface area (Å²) in [6.45, 7) is 2.09. The standard InChI is InChI=1S/C81H52F2N6/c1-51-41-76(89-79-44-58(62-31-39-73(86-49-62)54-19-10-4-11-20-54)27-35-66(79)67-36-28-59(45-80(67)89)63-32-40-74(87-50-63)55-21-12-5-13-22-55)68(81-69(82)23-14-24-70(81)83)46-75(51)88-77-42-56(60-29-37-71(84-47-60)52-15-6-2-7-16-52)25-33-64(77)65-34-26-57(43-78(65)88)61-30-38-72(85-48-61)53-17-8-3-9-18-53/h2-50H,1H3. The molecule has 16 aromatic rings. The maximum Gasteiger partial charge on any atom is 0.134 e. The Kier molecular flexibility index (Phi) is 13.0. The van der Waals surface area contributed by atoms with Gasteiger partial charge in [-0.3, -0.25) is 19.9 Å². The largest absolute Gasteiger partial charge is 0.309 e. The van der Waals surface area contributed by atoms with Crippen LogP contribution in [0.25, 0.3) is 156 Å². The van der Waals surface area contributed by atoms with Gasteiger partial charge in [0.15, 0.2) is 0 Å². The van der Waals surface area contributed by atoms with Crippen LogP contribution in [0.2, 0.25) is 0 Å². The van der Waals surface area contributed by atoms with E-state index in [0.29, 0.717) is 11.3 Å². The molecule has 6 nitrogen and oxygen atoms in total. The van der Waals surface area contributed by atoms with Crippen molar-refractivity contribution in [1.29, 1.82) is 0 Å². The zero-order valence-electron chi connectivity index (χ0n) is 48.2. The Bertz CT molecular complexity index is 5040. The van der Waals surface area contributed by atoms with Crippen LogP contribution in [0.15, 0.2) is 298 Å². The molecule has 16 rings (SSSR count). The van der Waals surface area contributed by atoms with E-state index in [0.717, 1.165) is 144 Å². The number of hydrogen-bond donors (Lipinski definition) is 0. The molecular weight excluding hydrogens is 1090 g/mol. The summed E-state index contributed by atoms with van der Waals surface area (Å²) in [5.74, 6) is -1.36. The number of hydrogen-bond acceptors (Lipinski definition) is 4. The minimum Gasteiger partial charge on any atom is -0.309 e. The van der Waals surface area contributed by atoms with Gasteiger partial charge in [-0.05, 0) is 108 Å². The summed E-state index contributed by atoms with van der Waals surface area (Å²) in [4.78, 5) is 19.7. The van der Waals surface area contributed by atoms with E-state index in [1.54, 1.807) is 0 Å². The molecule has 0 aliphatic rings. The first-order valence-electron chi connectivity index (χ1n) is 29.7. The first-order chi connectivity index (χ1) is 43.8. The number of rotatable bonds is 11. The lowest BCUT2D eigenvalue weighted by Crippen LogP contribution is -2.05. The summed E-state index contributed by atoms with van der Waals surface area (Å²) in [6.07, 6.45) is 7.67. The molecule has 10 aromatic carbocycles. The van der Waals surface area contributed by atoms with Crippen molar-refractivity contribution in [3.05, 3.63) is 315 Å². The number of aryl methyl sites for hydroxylation is 1. The summed E-state index contributed by atoms with van der Waals surface area (Å²) in [5, 5.41) is 3.99. The van der Waals surface area contributed by atoms with Crippen LogP contribution in [-0.2, 0) is 0 Å². The molecule has 0 aliphatic heterocycles. The van der Waals surface area contributed by atoms with E-state index in [4.69, 9.17) is 19.9 Å². The Hall–Kier alpha value is -11.7. The number of nitrogens with zero attached hydrogens (tertiary/aromatic N) is 6. The Balaban J connectivity index is 0.932. The quantitative estimate of drug-likeness (QED) is 0.129. The van der Waals surface area contributed by atoms with Crippen LogP contribution < -0.4 is 0 Å². The maximum atomic E-state index is 17.2. The molecule has 0 amide bonds. The van der Waals surface area contributed by atoms with Gasteiger partial charge in [-0.2, -0.15) is 0 Å². The Morgan fingerprint density at radius 3 is 0.843 bits per heavy atom. The van der Waals surface area contributed by atoms with Crippen molar-refractivity contribution in [3.8, 4) is 112 Å². The van der Waals surface area contributed by atoms with E-state index in [1.807, 2.05) is 116 Å². The molecule has 8 heteroatoms. The second kappa shape index (κ2) is 22.0. The van der Waals surface area contributed by atoms with Crippen molar-refractivity contribution >= 4 is 43.6 Å². The van der Waals surface area contributed by atoms with Gasteiger partial charge in [0.2, 0.25) is 0 Å². The van der Waals surface area contributed by atoms with Crippen molar-refractivity contribution in [3.63, 3.8) is 0 Å². The number of aromatic nitrogens is 6. The predicted molar refractivity (Wildman–Crippen MR) is 360 cm³/mol. The van der Waals surface area contributed by atoms with Crippen molar-refractivity contribution < 1.29 is 8.78 Å². The van der Waals surface area contributed by atoms with Crippen LogP contribution in [0.4, 0.5) is 8.78 Å². The average Bonchev–Trinajstić information content (AvgIpc) is 1.75. The molecule has 0 unspecified atom stereocenters. The minimum atomic E-state index is -0.679. The monoisotopic (exact) mass is 1150 g/mol. The lowest BCUT2D eigenvalue weighted by atomic mass is 9.98. The van der Waals surface area contributed by atoms with Crippen LogP contribution in [0.1, 0.15) is 5.56 Å². The number of pyridine rings is 4. The summed E-state index contributed by atoms with van der Waals surface area (Å²) >= 11 is 0. The third-order valence-electron chi connectivity index (χ3n) is 17.2. The Morgan fingerprint density at radius 2 is 0.551 bits per heavy atom. The van der Waals surface area contributed by atoms with E-state index in [1.165, 1.54) is 18.2 Å². The normalized spacial score (nSPS) is 11.5. The van der Waals surface area contributed by atoms with Gasteiger partial charge >= 0.3 is 0 Å². The van der Waals surface area contributed by atoms with Crippen molar-refractivity contribution in [2.75, 3.05) is 0 Å². The van der Waals surface area contributed by atoms with Gasteiger partial charge < -0.3 is 9.13 Å².